The van der Waals surface area contributed by atoms with Crippen LogP contribution in [0.3, 0.4) is 0 Å². The number of nitrogens with zero attached hydrogens (tertiary/aromatic N) is 2. The molecule has 0 aliphatic heterocycles. The third-order valence-electron chi connectivity index (χ3n) is 2.24. The van der Waals surface area contributed by atoms with Gasteiger partial charge in [-0.15, -0.1) is 0 Å². The summed E-state index contributed by atoms with van der Waals surface area (Å²) >= 11 is 0. The molecule has 0 unspecified atom stereocenters. The maximum Gasteiger partial charge on any atom is 0.113 e. The van der Waals surface area contributed by atoms with Gasteiger partial charge < -0.3 is 5.73 Å². The Morgan fingerprint density at radius 1 is 1.47 bits per heavy atom. The molecular weight excluding hydrogens is 210 g/mol. The van der Waals surface area contributed by atoms with Crippen molar-refractivity contribution in [2.75, 3.05) is 7.05 Å². The molecule has 0 fully saturated rings. The molecule has 1 heterocycles. The molecule has 0 saturated carbocycles. The number of hydrogen-bond acceptors (Lipinski definition) is 3. The van der Waals surface area contributed by atoms with E-state index in [0.717, 1.165) is 5.69 Å². The second-order valence-corrected chi connectivity index (χ2v) is 3.89. The van der Waals surface area contributed by atoms with Gasteiger partial charge in [-0.05, 0) is 23.5 Å². The average Bonchev–Trinajstić information content (AvgIpc) is 2.35. The molecule has 0 aromatic carbocycles. The van der Waals surface area contributed by atoms with Crippen molar-refractivity contribution < 1.29 is 0 Å². The number of rotatable bonds is 2. The summed E-state index contributed by atoms with van der Waals surface area (Å²) in [5.74, 6) is 6.34. The van der Waals surface area contributed by atoms with E-state index < -0.39 is 0 Å². The van der Waals surface area contributed by atoms with E-state index in [9.17, 15) is 0 Å². The Balaban J connectivity index is 2.86. The maximum atomic E-state index is 5.41. The van der Waals surface area contributed by atoms with Crippen LogP contribution in [0.1, 0.15) is 31.0 Å². The van der Waals surface area contributed by atoms with E-state index in [1.807, 2.05) is 18.3 Å². The molecule has 0 spiro atoms. The van der Waals surface area contributed by atoms with E-state index in [4.69, 9.17) is 5.73 Å². The van der Waals surface area contributed by atoms with Gasteiger partial charge in [0, 0.05) is 25.7 Å². The Morgan fingerprint density at radius 2 is 2.24 bits per heavy atom. The molecule has 0 atom stereocenters. The maximum absolute atomic E-state index is 5.41. The molecule has 1 aromatic heterocycles. The van der Waals surface area contributed by atoms with Gasteiger partial charge in [0.2, 0.25) is 0 Å². The minimum Gasteiger partial charge on any atom is -0.404 e. The summed E-state index contributed by atoms with van der Waals surface area (Å²) in [5, 5.41) is 0. The number of aliphatic imine (C=N–C) groups is 1. The first kappa shape index (κ1) is 13.0. The predicted octanol–water partition coefficient (Wildman–Crippen LogP) is 2.10. The van der Waals surface area contributed by atoms with Gasteiger partial charge in [-0.25, -0.2) is 4.98 Å². The number of hydrogen-bond donors (Lipinski definition) is 1. The summed E-state index contributed by atoms with van der Waals surface area (Å²) in [7, 11) is 1.68. The molecule has 0 saturated heterocycles. The second kappa shape index (κ2) is 6.49. The Morgan fingerprint density at radius 3 is 2.71 bits per heavy atom. The highest BCUT2D eigenvalue weighted by molar-refractivity contribution is 5.84. The molecule has 0 bridgehead atoms. The van der Waals surface area contributed by atoms with Gasteiger partial charge in [0.15, 0.2) is 0 Å². The monoisotopic (exact) mass is 227 g/mol. The molecule has 1 rings (SSSR count). The highest BCUT2D eigenvalue weighted by Crippen LogP contribution is 2.12. The van der Waals surface area contributed by atoms with Crippen LogP contribution in [0.15, 0.2) is 35.1 Å². The van der Waals surface area contributed by atoms with Gasteiger partial charge in [0.1, 0.15) is 5.69 Å². The van der Waals surface area contributed by atoms with Crippen molar-refractivity contribution in [2.45, 2.75) is 19.8 Å². The lowest BCUT2D eigenvalue weighted by molar-refractivity contribution is 0.857. The molecule has 2 N–H and O–H groups in total. The largest absolute Gasteiger partial charge is 0.404 e. The van der Waals surface area contributed by atoms with Crippen molar-refractivity contribution in [3.8, 4) is 11.8 Å². The SMILES string of the molecule is CN=C/C(C#Cc1ccc(C(C)C)cn1)=C\N. The van der Waals surface area contributed by atoms with Gasteiger partial charge in [-0.2, -0.15) is 0 Å². The zero-order chi connectivity index (χ0) is 12.7. The Kier molecular flexibility index (Phi) is 4.96. The van der Waals surface area contributed by atoms with Crippen LogP contribution in [0.4, 0.5) is 0 Å². The molecule has 0 aliphatic rings. The van der Waals surface area contributed by atoms with Crippen LogP contribution in [-0.2, 0) is 0 Å². The van der Waals surface area contributed by atoms with Crippen LogP contribution in [0.25, 0.3) is 0 Å². The van der Waals surface area contributed by atoms with Crippen molar-refractivity contribution in [1.82, 2.24) is 4.98 Å². The van der Waals surface area contributed by atoms with E-state index in [-0.39, 0.29) is 0 Å². The van der Waals surface area contributed by atoms with E-state index in [1.165, 1.54) is 11.8 Å². The van der Waals surface area contributed by atoms with Crippen molar-refractivity contribution >= 4 is 6.21 Å². The number of aromatic nitrogens is 1. The molecular formula is C14H17N3. The Hall–Kier alpha value is -2.08. The fourth-order valence-corrected chi connectivity index (χ4v) is 1.21. The molecule has 0 radical (unpaired) electrons. The van der Waals surface area contributed by atoms with Crippen molar-refractivity contribution in [3.63, 3.8) is 0 Å². The Labute approximate surface area is 102 Å². The van der Waals surface area contributed by atoms with Crippen LogP contribution in [-0.4, -0.2) is 18.2 Å². The first-order chi connectivity index (χ1) is 8.17. The predicted molar refractivity (Wildman–Crippen MR) is 71.9 cm³/mol. The summed E-state index contributed by atoms with van der Waals surface area (Å²) < 4.78 is 0. The number of allylic oxidation sites excluding steroid dienone is 1. The van der Waals surface area contributed by atoms with Gasteiger partial charge in [0.25, 0.3) is 0 Å². The van der Waals surface area contributed by atoms with E-state index in [0.29, 0.717) is 11.5 Å². The van der Waals surface area contributed by atoms with Crippen LogP contribution in [0, 0.1) is 11.8 Å². The third-order valence-corrected chi connectivity index (χ3v) is 2.24. The minimum absolute atomic E-state index is 0.483. The second-order valence-electron chi connectivity index (χ2n) is 3.89. The fourth-order valence-electron chi connectivity index (χ4n) is 1.21. The van der Waals surface area contributed by atoms with Crippen LogP contribution < -0.4 is 5.73 Å². The molecule has 1 aromatic rings. The average molecular weight is 227 g/mol. The topological polar surface area (TPSA) is 51.3 Å². The first-order valence-electron chi connectivity index (χ1n) is 5.49. The van der Waals surface area contributed by atoms with E-state index >= 15 is 0 Å². The molecule has 88 valence electrons. The van der Waals surface area contributed by atoms with E-state index in [2.05, 4.69) is 35.7 Å². The summed E-state index contributed by atoms with van der Waals surface area (Å²) in [6.07, 6.45) is 4.91. The van der Waals surface area contributed by atoms with Crippen LogP contribution in [0.5, 0.6) is 0 Å². The van der Waals surface area contributed by atoms with Gasteiger partial charge in [0.05, 0.1) is 5.57 Å². The van der Waals surface area contributed by atoms with Crippen molar-refractivity contribution in [1.29, 1.82) is 0 Å². The summed E-state index contributed by atoms with van der Waals surface area (Å²) in [5.41, 5.74) is 8.04. The van der Waals surface area contributed by atoms with Gasteiger partial charge in [-0.3, -0.25) is 4.99 Å². The fraction of sp³-hybridized carbons (Fsp3) is 0.286. The molecule has 0 aliphatic carbocycles. The number of pyridine rings is 1. The third kappa shape index (κ3) is 4.12. The molecule has 0 amide bonds. The smallest absolute Gasteiger partial charge is 0.113 e. The van der Waals surface area contributed by atoms with Crippen LogP contribution in [0.2, 0.25) is 0 Å². The van der Waals surface area contributed by atoms with Gasteiger partial charge in [-0.1, -0.05) is 25.8 Å². The summed E-state index contributed by atoms with van der Waals surface area (Å²) in [4.78, 5) is 8.14. The Bertz CT molecular complexity index is 470. The molecule has 17 heavy (non-hydrogen) atoms. The molecule has 3 nitrogen and oxygen atoms in total. The standard InChI is InChI=1S/C14H17N3/c1-11(2)13-5-7-14(17-10-13)6-4-12(8-15)9-16-3/h5,7-11H,15H2,1-3H3/b12-8-,16-9?. The highest BCUT2D eigenvalue weighted by Gasteiger charge is 1.98. The number of nitrogens with two attached hydrogens (primary N) is 1. The van der Waals surface area contributed by atoms with Crippen molar-refractivity contribution in [3.05, 3.63) is 41.4 Å². The lowest BCUT2D eigenvalue weighted by Gasteiger charge is -2.02. The zero-order valence-electron chi connectivity index (χ0n) is 10.4. The summed E-state index contributed by atoms with van der Waals surface area (Å²) in [6.45, 7) is 4.27. The minimum atomic E-state index is 0.483. The summed E-state index contributed by atoms with van der Waals surface area (Å²) in [6, 6.07) is 3.96. The lowest BCUT2D eigenvalue weighted by Crippen LogP contribution is -1.91. The zero-order valence-corrected chi connectivity index (χ0v) is 10.4. The van der Waals surface area contributed by atoms with E-state index in [1.54, 1.807) is 13.3 Å². The van der Waals surface area contributed by atoms with Crippen molar-refractivity contribution in [2.24, 2.45) is 10.7 Å². The first-order valence-corrected chi connectivity index (χ1v) is 5.49. The lowest BCUT2D eigenvalue weighted by atomic mass is 10.1. The quantitative estimate of drug-likeness (QED) is 0.621. The highest BCUT2D eigenvalue weighted by atomic mass is 14.7. The normalized spacial score (nSPS) is 11.6. The van der Waals surface area contributed by atoms with Crippen LogP contribution >= 0.6 is 0 Å². The molecule has 3 heteroatoms. The van der Waals surface area contributed by atoms with Gasteiger partial charge >= 0.3 is 0 Å².